The van der Waals surface area contributed by atoms with Crippen LogP contribution >= 0.6 is 0 Å². The zero-order valence-electron chi connectivity index (χ0n) is 53.3. The van der Waals surface area contributed by atoms with Crippen LogP contribution in [0.5, 0.6) is 0 Å². The van der Waals surface area contributed by atoms with Gasteiger partial charge in [-0.15, -0.1) is 22.1 Å². The molecular formula is C85H82MnN4O2. The van der Waals surface area contributed by atoms with Crippen LogP contribution in [-0.2, 0) is 17.1 Å². The first-order valence-corrected chi connectivity index (χ1v) is 36.9. The number of aromatic nitrogens is 4. The van der Waals surface area contributed by atoms with E-state index in [1.54, 1.807) is 111 Å². The summed E-state index contributed by atoms with van der Waals surface area (Å²) in [6, 6.07) is 21.2. The Morgan fingerprint density at radius 1 is 0.261 bits per heavy atom. The second-order valence-corrected chi connectivity index (χ2v) is 33.0. The van der Waals surface area contributed by atoms with E-state index in [4.69, 9.17) is 25.0 Å². The number of nitrogens with zero attached hydrogens (tertiary/aromatic N) is 4. The third kappa shape index (κ3) is 6.68. The molecule has 2 aliphatic heterocycles. The Labute approximate surface area is 551 Å². The molecule has 8 fully saturated rings. The summed E-state index contributed by atoms with van der Waals surface area (Å²) in [6.45, 7) is 0. The summed E-state index contributed by atoms with van der Waals surface area (Å²) >= 11 is 0. The molecule has 92 heavy (non-hydrogen) atoms. The molecule has 7 heteroatoms. The molecule has 16 atom stereocenters. The van der Waals surface area contributed by atoms with Crippen molar-refractivity contribution in [1.82, 2.24) is 19.9 Å². The second kappa shape index (κ2) is 18.9. The first-order chi connectivity index (χ1) is 44.5. The van der Waals surface area contributed by atoms with Gasteiger partial charge in [-0.25, -0.2) is 9.97 Å². The van der Waals surface area contributed by atoms with E-state index < -0.39 is 0 Å². The molecule has 0 spiro atoms. The Balaban J connectivity index is 0.00000138. The van der Waals surface area contributed by atoms with E-state index in [1.807, 2.05) is 0 Å². The van der Waals surface area contributed by atoms with E-state index in [-0.39, 0.29) is 22.5 Å². The van der Waals surface area contributed by atoms with Gasteiger partial charge in [-0.1, -0.05) is 48.5 Å². The van der Waals surface area contributed by atoms with Gasteiger partial charge < -0.3 is 20.6 Å². The summed E-state index contributed by atoms with van der Waals surface area (Å²) in [5.74, 6) is 10.4. The number of aliphatic hydroxyl groups excluding tert-OH is 1. The van der Waals surface area contributed by atoms with Crippen molar-refractivity contribution in [3.63, 3.8) is 0 Å². The zero-order chi connectivity index (χ0) is 58.0. The number of hydrogen-bond acceptors (Lipinski definition) is 3. The fraction of sp³-hybridized carbons (Fsp3) is 0.482. The SMILES string of the molecule is C1=Cc2nc1c(-c1c3c(cc4c1[C@H]1CC[C@@H]4C1)[C@@H]1CC[C@H]3C1)c1ccc([n-]1)c(-c1c3c(cc4c1[C@H]1CC[C@@H]4C1)[C@@H]1CC[C@H]3C1)c1nc(c(-c3c4c(cc5c3[C@H]3CC[C@@H]5C3)[C@@H]3CC[C@H]4C3)c3ccc([n-]3)c2-c2c3c(cc4c2[C@H]2CC[C@@H]4C2)[C@@H]2CC[C@H]3C2)C=C1.CO.O.[Mn+2]. The molecule has 0 unspecified atom stereocenters. The predicted octanol–water partition coefficient (Wildman–Crippen LogP) is 20.3. The van der Waals surface area contributed by atoms with Crippen LogP contribution in [0.2, 0.25) is 0 Å². The van der Waals surface area contributed by atoms with Gasteiger partial charge >= 0.3 is 17.1 Å². The van der Waals surface area contributed by atoms with Crippen LogP contribution in [0.3, 0.4) is 0 Å². The van der Waals surface area contributed by atoms with E-state index in [9.17, 15) is 0 Å². The average Bonchev–Trinajstić information content (AvgIpc) is 1.54. The number of rotatable bonds is 4. The van der Waals surface area contributed by atoms with Gasteiger partial charge in [-0.05, 0) is 407 Å². The maximum Gasteiger partial charge on any atom is 2.00 e. The van der Waals surface area contributed by atoms with Crippen molar-refractivity contribution in [2.24, 2.45) is 0 Å². The molecular weight excluding hydrogens is 1160 g/mol. The van der Waals surface area contributed by atoms with Crippen molar-refractivity contribution in [2.75, 3.05) is 7.11 Å². The Bertz CT molecular complexity index is 4050. The van der Waals surface area contributed by atoms with Crippen LogP contribution in [0, 0.1) is 0 Å². The molecule has 8 saturated carbocycles. The third-order valence-electron chi connectivity index (χ3n) is 29.7. The summed E-state index contributed by atoms with van der Waals surface area (Å²) in [4.78, 5) is 25.4. The third-order valence-corrected chi connectivity index (χ3v) is 29.7. The van der Waals surface area contributed by atoms with Gasteiger partial charge in [0.05, 0.1) is 22.8 Å². The van der Waals surface area contributed by atoms with Crippen LogP contribution in [0.15, 0.2) is 48.5 Å². The minimum absolute atomic E-state index is 0. The summed E-state index contributed by atoms with van der Waals surface area (Å²) in [5, 5.41) is 7.00. The molecule has 461 valence electrons. The van der Waals surface area contributed by atoms with Gasteiger partial charge in [0.15, 0.2) is 0 Å². The number of fused-ring (bicyclic) bond motifs is 48. The van der Waals surface area contributed by atoms with Crippen LogP contribution in [0.1, 0.15) is 361 Å². The normalized spacial score (nSPS) is 33.1. The van der Waals surface area contributed by atoms with Crippen LogP contribution in [0.25, 0.3) is 90.9 Å². The van der Waals surface area contributed by atoms with Gasteiger partial charge in [-0.3, -0.25) is 0 Å². The molecule has 18 aliphatic rings. The van der Waals surface area contributed by atoms with Crippen molar-refractivity contribution in [3.05, 3.63) is 160 Å². The largest absolute Gasteiger partial charge is 2.00 e. The minimum Gasteiger partial charge on any atom is -0.657 e. The standard InChI is InChI=1S/C84H76N4.CH4O.Mn.H2O/c1-9-45-25-37(1)53-33-54-38-2-10-46(26-38)70(54)81(69(45)53)77-61-17-19-63(85-61)78(82-71-47-11-3-39(27-47)55(71)34-56-40-4-12-48(28-40)72(56)82)65-21-23-67(87-65)80(84-75-51-15-7-43(31-51)59(75)36-60-44-8-16-52(32-44)76(60)84)68-24-22-66(88-68)79(64-20-18-62(77)86-64)83-73-49-13-5-41(29-49)57(73)35-58-42-6-14-50(30-42)74(58)83;1-2;;/h17-24,33-52H,1-16,25-32H2;2H,1H3;;1H2/q-2;;+2;/t37-,38-,39-,40-,41-,42-,43-,44-,45+,46+,47+,48+,49+,50+,51+,52+;;;/m1.../s1. The van der Waals surface area contributed by atoms with Crippen molar-refractivity contribution < 1.29 is 27.7 Å². The van der Waals surface area contributed by atoms with Crippen molar-refractivity contribution >= 4 is 46.4 Å². The summed E-state index contributed by atoms with van der Waals surface area (Å²) in [7, 11) is 1.00. The van der Waals surface area contributed by atoms with Crippen LogP contribution in [0.4, 0.5) is 0 Å². The number of aliphatic hydroxyl groups is 1. The Morgan fingerprint density at radius 2 is 0.424 bits per heavy atom. The van der Waals surface area contributed by atoms with Crippen molar-refractivity contribution in [1.29, 1.82) is 0 Å². The molecule has 7 aromatic rings. The average molecular weight is 1250 g/mol. The molecule has 0 saturated heterocycles. The van der Waals surface area contributed by atoms with Gasteiger partial charge in [0.25, 0.3) is 0 Å². The Kier molecular flexibility index (Phi) is 11.1. The minimum atomic E-state index is 0. The van der Waals surface area contributed by atoms with Gasteiger partial charge in [0.2, 0.25) is 0 Å². The number of benzene rings is 4. The van der Waals surface area contributed by atoms with Gasteiger partial charge in [-0.2, -0.15) is 0 Å². The van der Waals surface area contributed by atoms with E-state index in [2.05, 4.69) is 72.8 Å². The molecule has 25 rings (SSSR count). The smallest absolute Gasteiger partial charge is 0.657 e. The fourth-order valence-corrected chi connectivity index (χ4v) is 26.6. The molecule has 1 radical (unpaired) electrons. The van der Waals surface area contributed by atoms with Crippen LogP contribution < -0.4 is 9.97 Å². The van der Waals surface area contributed by atoms with E-state index >= 15 is 0 Å². The van der Waals surface area contributed by atoms with E-state index in [1.165, 1.54) is 176 Å². The molecule has 3 N–H and O–H groups in total. The Hall–Kier alpha value is -6.08. The second-order valence-electron chi connectivity index (χ2n) is 33.0. The zero-order valence-corrected chi connectivity index (χ0v) is 54.4. The first-order valence-electron chi connectivity index (χ1n) is 36.9. The molecule has 6 nitrogen and oxygen atoms in total. The van der Waals surface area contributed by atoms with Crippen molar-refractivity contribution in [2.45, 2.75) is 249 Å². The molecule has 3 aromatic heterocycles. The van der Waals surface area contributed by atoms with Crippen LogP contribution in [-0.4, -0.2) is 27.7 Å². The maximum absolute atomic E-state index is 7.00. The molecule has 0 amide bonds. The molecule has 16 aliphatic carbocycles. The molecule has 4 aromatic carbocycles. The summed E-state index contributed by atoms with van der Waals surface area (Å²) in [5.41, 5.74) is 47.9. The first kappa shape index (κ1) is 54.2. The van der Waals surface area contributed by atoms with Gasteiger partial charge in [0, 0.05) is 7.11 Å². The number of hydrogen-bond donors (Lipinski definition) is 1. The van der Waals surface area contributed by atoms with Gasteiger partial charge in [0.1, 0.15) is 0 Å². The van der Waals surface area contributed by atoms with E-state index in [0.29, 0.717) is 94.7 Å². The van der Waals surface area contributed by atoms with Crippen molar-refractivity contribution in [3.8, 4) is 44.5 Å². The maximum atomic E-state index is 7.00. The topological polar surface area (TPSA) is 106 Å². The fourth-order valence-electron chi connectivity index (χ4n) is 26.6. The van der Waals surface area contributed by atoms with E-state index in [0.717, 1.165) is 52.0 Å². The Morgan fingerprint density at radius 3 is 0.598 bits per heavy atom. The quantitative estimate of drug-likeness (QED) is 0.177. The molecule has 5 heterocycles. The summed E-state index contributed by atoms with van der Waals surface area (Å²) in [6.07, 6.45) is 41.8. The predicted molar refractivity (Wildman–Crippen MR) is 365 cm³/mol. The molecule has 24 bridgehead atoms. The summed E-state index contributed by atoms with van der Waals surface area (Å²) < 4.78 is 0. The monoisotopic (exact) mass is 1250 g/mol.